The molecule has 0 atom stereocenters. The molecule has 0 spiro atoms. The maximum absolute atomic E-state index is 5.68. The van der Waals surface area contributed by atoms with Crippen molar-refractivity contribution < 1.29 is 9.26 Å². The van der Waals surface area contributed by atoms with E-state index in [1.165, 1.54) is 0 Å². The van der Waals surface area contributed by atoms with Crippen LogP contribution in [0, 0.1) is 0 Å². The average molecular weight is 246 g/mol. The number of aromatic nitrogens is 3. The second kappa shape index (κ2) is 4.06. The standard InChI is InChI=1S/C12H14N4O2/c1-17-12(3-2-4-12)11-15-10(18-16-11)8-5-9(13)7-14-6-8/h5-7H,2-4,13H2,1H3. The average Bonchev–Trinajstić information content (AvgIpc) is 2.78. The van der Waals surface area contributed by atoms with Crippen molar-refractivity contribution in [3.63, 3.8) is 0 Å². The molecule has 0 unspecified atom stereocenters. The number of ether oxygens (including phenoxy) is 1. The smallest absolute Gasteiger partial charge is 0.259 e. The van der Waals surface area contributed by atoms with E-state index < -0.39 is 0 Å². The van der Waals surface area contributed by atoms with Gasteiger partial charge in [-0.25, -0.2) is 0 Å². The second-order valence-electron chi connectivity index (χ2n) is 4.48. The highest BCUT2D eigenvalue weighted by Crippen LogP contribution is 2.43. The van der Waals surface area contributed by atoms with Crippen molar-refractivity contribution in [3.8, 4) is 11.5 Å². The van der Waals surface area contributed by atoms with Crippen molar-refractivity contribution in [1.82, 2.24) is 15.1 Å². The Bertz CT molecular complexity index is 557. The lowest BCUT2D eigenvalue weighted by molar-refractivity contribution is -0.0858. The molecule has 2 aromatic rings. The van der Waals surface area contributed by atoms with Crippen LogP contribution < -0.4 is 5.73 Å². The van der Waals surface area contributed by atoms with Crippen molar-refractivity contribution >= 4 is 5.69 Å². The monoisotopic (exact) mass is 246 g/mol. The molecule has 0 saturated heterocycles. The molecule has 6 nitrogen and oxygen atoms in total. The van der Waals surface area contributed by atoms with Gasteiger partial charge in [-0.2, -0.15) is 4.98 Å². The largest absolute Gasteiger partial charge is 0.397 e. The van der Waals surface area contributed by atoms with Crippen molar-refractivity contribution in [2.24, 2.45) is 0 Å². The number of pyridine rings is 1. The van der Waals surface area contributed by atoms with Crippen molar-refractivity contribution in [2.75, 3.05) is 12.8 Å². The van der Waals surface area contributed by atoms with E-state index >= 15 is 0 Å². The first-order chi connectivity index (χ1) is 8.73. The maximum Gasteiger partial charge on any atom is 0.259 e. The Morgan fingerprint density at radius 2 is 2.22 bits per heavy atom. The van der Waals surface area contributed by atoms with E-state index in [2.05, 4.69) is 15.1 Å². The third-order valence-electron chi connectivity index (χ3n) is 3.39. The van der Waals surface area contributed by atoms with Gasteiger partial charge in [-0.05, 0) is 25.3 Å². The summed E-state index contributed by atoms with van der Waals surface area (Å²) < 4.78 is 10.8. The van der Waals surface area contributed by atoms with Crippen molar-refractivity contribution in [2.45, 2.75) is 24.9 Å². The van der Waals surface area contributed by atoms with Gasteiger partial charge in [-0.3, -0.25) is 4.98 Å². The van der Waals surface area contributed by atoms with Crippen LogP contribution in [0.5, 0.6) is 0 Å². The normalized spacial score (nSPS) is 17.4. The molecule has 18 heavy (non-hydrogen) atoms. The van der Waals surface area contributed by atoms with Crippen LogP contribution in [0.25, 0.3) is 11.5 Å². The van der Waals surface area contributed by atoms with Gasteiger partial charge in [0, 0.05) is 19.5 Å². The van der Waals surface area contributed by atoms with E-state index in [1.807, 2.05) is 0 Å². The topological polar surface area (TPSA) is 87.1 Å². The minimum absolute atomic E-state index is 0.366. The first kappa shape index (κ1) is 11.2. The number of nitrogen functional groups attached to an aromatic ring is 1. The molecule has 3 rings (SSSR count). The van der Waals surface area contributed by atoms with Crippen LogP contribution in [0.2, 0.25) is 0 Å². The number of hydrogen-bond acceptors (Lipinski definition) is 6. The van der Waals surface area contributed by atoms with E-state index in [-0.39, 0.29) is 5.60 Å². The minimum Gasteiger partial charge on any atom is -0.397 e. The van der Waals surface area contributed by atoms with E-state index in [1.54, 1.807) is 25.6 Å². The summed E-state index contributed by atoms with van der Waals surface area (Å²) in [6.07, 6.45) is 6.20. The lowest BCUT2D eigenvalue weighted by Gasteiger charge is -2.37. The number of methoxy groups -OCH3 is 1. The van der Waals surface area contributed by atoms with E-state index in [4.69, 9.17) is 15.0 Å². The molecule has 94 valence electrons. The molecule has 2 heterocycles. The summed E-state index contributed by atoms with van der Waals surface area (Å²) in [6, 6.07) is 1.75. The Morgan fingerprint density at radius 3 is 2.83 bits per heavy atom. The summed E-state index contributed by atoms with van der Waals surface area (Å²) >= 11 is 0. The predicted octanol–water partition coefficient (Wildman–Crippen LogP) is 1.74. The number of hydrogen-bond donors (Lipinski definition) is 1. The lowest BCUT2D eigenvalue weighted by atomic mass is 9.79. The van der Waals surface area contributed by atoms with E-state index in [0.717, 1.165) is 24.8 Å². The Hall–Kier alpha value is -1.95. The number of nitrogens with two attached hydrogens (primary N) is 1. The first-order valence-corrected chi connectivity index (χ1v) is 5.84. The van der Waals surface area contributed by atoms with Gasteiger partial charge >= 0.3 is 0 Å². The van der Waals surface area contributed by atoms with Crippen LogP contribution in [0.1, 0.15) is 25.1 Å². The van der Waals surface area contributed by atoms with Crippen LogP contribution >= 0.6 is 0 Å². The van der Waals surface area contributed by atoms with E-state index in [0.29, 0.717) is 17.4 Å². The summed E-state index contributed by atoms with van der Waals surface area (Å²) in [5, 5.41) is 4.01. The molecule has 0 bridgehead atoms. The molecule has 1 aliphatic carbocycles. The fraction of sp³-hybridized carbons (Fsp3) is 0.417. The van der Waals surface area contributed by atoms with Gasteiger partial charge in [0.05, 0.1) is 11.3 Å². The molecule has 0 aromatic carbocycles. The van der Waals surface area contributed by atoms with Gasteiger partial charge in [-0.1, -0.05) is 5.16 Å². The molecule has 1 saturated carbocycles. The highest BCUT2D eigenvalue weighted by Gasteiger charge is 2.43. The molecular formula is C12H14N4O2. The summed E-state index contributed by atoms with van der Waals surface area (Å²) in [4.78, 5) is 8.39. The molecule has 2 aromatic heterocycles. The van der Waals surface area contributed by atoms with Crippen molar-refractivity contribution in [3.05, 3.63) is 24.3 Å². The van der Waals surface area contributed by atoms with Crippen LogP contribution in [-0.2, 0) is 10.3 Å². The van der Waals surface area contributed by atoms with Gasteiger partial charge in [0.1, 0.15) is 5.60 Å². The zero-order valence-corrected chi connectivity index (χ0v) is 10.1. The van der Waals surface area contributed by atoms with Crippen LogP contribution in [0.4, 0.5) is 5.69 Å². The Kier molecular flexibility index (Phi) is 2.52. The molecule has 0 amide bonds. The zero-order chi connectivity index (χ0) is 12.6. The summed E-state index contributed by atoms with van der Waals surface area (Å²) in [5.41, 5.74) is 6.60. The van der Waals surface area contributed by atoms with Gasteiger partial charge in [0.2, 0.25) is 5.82 Å². The highest BCUT2D eigenvalue weighted by molar-refractivity contribution is 5.57. The van der Waals surface area contributed by atoms with Gasteiger partial charge in [0.25, 0.3) is 5.89 Å². The molecule has 6 heteroatoms. The van der Waals surface area contributed by atoms with Gasteiger partial charge in [0.15, 0.2) is 0 Å². The van der Waals surface area contributed by atoms with Crippen LogP contribution in [-0.4, -0.2) is 22.2 Å². The molecule has 1 fully saturated rings. The van der Waals surface area contributed by atoms with E-state index in [9.17, 15) is 0 Å². The van der Waals surface area contributed by atoms with Gasteiger partial charge in [-0.15, -0.1) is 0 Å². The highest BCUT2D eigenvalue weighted by atomic mass is 16.5. The summed E-state index contributed by atoms with van der Waals surface area (Å²) in [6.45, 7) is 0. The zero-order valence-electron chi connectivity index (χ0n) is 10.1. The van der Waals surface area contributed by atoms with Crippen LogP contribution in [0.15, 0.2) is 23.0 Å². The van der Waals surface area contributed by atoms with Gasteiger partial charge < -0.3 is 15.0 Å². The van der Waals surface area contributed by atoms with Crippen molar-refractivity contribution in [1.29, 1.82) is 0 Å². The first-order valence-electron chi connectivity index (χ1n) is 5.84. The quantitative estimate of drug-likeness (QED) is 0.887. The lowest BCUT2D eigenvalue weighted by Crippen LogP contribution is -2.37. The molecular weight excluding hydrogens is 232 g/mol. The maximum atomic E-state index is 5.68. The third kappa shape index (κ3) is 1.65. The number of rotatable bonds is 3. The number of nitrogens with zero attached hydrogens (tertiary/aromatic N) is 3. The second-order valence-corrected chi connectivity index (χ2v) is 4.48. The predicted molar refractivity (Wildman–Crippen MR) is 64.5 cm³/mol. The minimum atomic E-state index is -0.366. The molecule has 1 aliphatic rings. The summed E-state index contributed by atoms with van der Waals surface area (Å²) in [5.74, 6) is 1.03. The molecule has 2 N–H and O–H groups in total. The summed E-state index contributed by atoms with van der Waals surface area (Å²) in [7, 11) is 1.68. The molecule has 0 radical (unpaired) electrons. The Balaban J connectivity index is 1.94. The number of anilines is 1. The third-order valence-corrected chi connectivity index (χ3v) is 3.39. The fourth-order valence-corrected chi connectivity index (χ4v) is 2.12. The molecule has 0 aliphatic heterocycles. The Morgan fingerprint density at radius 1 is 1.39 bits per heavy atom. The SMILES string of the molecule is COC1(c2noc(-c3cncc(N)c3)n2)CCC1. The fourth-order valence-electron chi connectivity index (χ4n) is 2.12. The van der Waals surface area contributed by atoms with Crippen LogP contribution in [0.3, 0.4) is 0 Å². The Labute approximate surface area is 104 Å².